The van der Waals surface area contributed by atoms with Gasteiger partial charge in [0.25, 0.3) is 0 Å². The van der Waals surface area contributed by atoms with Gasteiger partial charge in [0.15, 0.2) is 11.5 Å². The van der Waals surface area contributed by atoms with Crippen LogP contribution in [0.15, 0.2) is 12.7 Å². The summed E-state index contributed by atoms with van der Waals surface area (Å²) >= 11 is 3.14. The van der Waals surface area contributed by atoms with E-state index in [9.17, 15) is 24.2 Å². The highest BCUT2D eigenvalue weighted by atomic mass is 79.9. The van der Waals surface area contributed by atoms with Crippen LogP contribution in [0.3, 0.4) is 0 Å². The number of aliphatic hydroxyl groups excluding tert-OH is 2. The fourth-order valence-electron chi connectivity index (χ4n) is 2.50. The molecule has 1 aliphatic rings. The lowest BCUT2D eigenvalue weighted by molar-refractivity contribution is -0.0714. The highest BCUT2D eigenvalue weighted by molar-refractivity contribution is 9.09. The molecular formula is C10H14BrN5O10P2. The summed E-state index contributed by atoms with van der Waals surface area (Å²) in [6.45, 7) is -0.858. The number of rotatable bonds is 6. The molecule has 0 amide bonds. The zero-order chi connectivity index (χ0) is 20.9. The van der Waals surface area contributed by atoms with E-state index < -0.39 is 45.2 Å². The summed E-state index contributed by atoms with van der Waals surface area (Å²) in [6.07, 6.45) is -2.35. The molecule has 3 heterocycles. The summed E-state index contributed by atoms with van der Waals surface area (Å²) in [5.74, 6) is 0.0589. The number of fused-ring (bicyclic) bond motifs is 1. The van der Waals surface area contributed by atoms with Crippen LogP contribution < -0.4 is 5.73 Å². The van der Waals surface area contributed by atoms with Gasteiger partial charge in [-0.1, -0.05) is 0 Å². The van der Waals surface area contributed by atoms with Crippen LogP contribution >= 0.6 is 31.6 Å². The van der Waals surface area contributed by atoms with Crippen molar-refractivity contribution in [2.45, 2.75) is 22.9 Å². The minimum absolute atomic E-state index is 0.0589. The Labute approximate surface area is 164 Å². The molecule has 28 heavy (non-hydrogen) atoms. The lowest BCUT2D eigenvalue weighted by Crippen LogP contribution is -2.40. The first-order valence-corrected chi connectivity index (χ1v) is 11.1. The van der Waals surface area contributed by atoms with Gasteiger partial charge in [-0.15, -0.1) is 0 Å². The maximum absolute atomic E-state index is 11.5. The number of anilines is 1. The first-order chi connectivity index (χ1) is 12.8. The molecule has 15 nitrogen and oxygen atoms in total. The summed E-state index contributed by atoms with van der Waals surface area (Å²) in [5.41, 5.74) is 6.04. The number of aliphatic hydroxyl groups is 2. The number of phosphoric ester groups is 1. The Morgan fingerprint density at radius 3 is 2.61 bits per heavy atom. The molecule has 0 saturated carbocycles. The minimum Gasteiger partial charge on any atom is -0.387 e. The monoisotopic (exact) mass is 505 g/mol. The number of aromatic nitrogens is 4. The number of halogens is 1. The zero-order valence-corrected chi connectivity index (χ0v) is 16.9. The van der Waals surface area contributed by atoms with Gasteiger partial charge in [-0.2, -0.15) is 4.31 Å². The van der Waals surface area contributed by atoms with Gasteiger partial charge < -0.3 is 35.4 Å². The molecule has 1 fully saturated rings. The molecule has 0 radical (unpaired) electrons. The summed E-state index contributed by atoms with van der Waals surface area (Å²) < 4.78 is 35.2. The summed E-state index contributed by atoms with van der Waals surface area (Å²) in [5, 5.41) is 20.6. The molecule has 0 spiro atoms. The number of hydrogen-bond donors (Lipinski definition) is 6. The average molecular weight is 506 g/mol. The molecule has 0 aliphatic carbocycles. The van der Waals surface area contributed by atoms with Gasteiger partial charge in [-0.25, -0.2) is 24.1 Å². The standard InChI is InChI=1S/C10H14BrN5O10P2/c11-10(16-3-15-5-8(12)13-2-14-9(5)16)7(18)6(17)4(25-10)1-24-28(22,23)26-27(19,20)21/h2-4,6-7,17-18H,1H2,(H,22,23)(H2,12,13,14)(H2,19,20,21)/t4-,6-,7-,10+/m1/s1. The average Bonchev–Trinajstić information content (AvgIpc) is 3.09. The van der Waals surface area contributed by atoms with Crippen LogP contribution in [-0.4, -0.2) is 69.3 Å². The van der Waals surface area contributed by atoms with E-state index in [1.54, 1.807) is 0 Å². The topological polar surface area (TPSA) is 233 Å². The van der Waals surface area contributed by atoms with Gasteiger partial charge in [0, 0.05) is 0 Å². The Balaban J connectivity index is 1.82. The first kappa shape index (κ1) is 21.7. The predicted molar refractivity (Wildman–Crippen MR) is 92.4 cm³/mol. The van der Waals surface area contributed by atoms with Gasteiger partial charge in [-0.05, 0) is 15.9 Å². The van der Waals surface area contributed by atoms with E-state index in [2.05, 4.69) is 39.7 Å². The van der Waals surface area contributed by atoms with Gasteiger partial charge >= 0.3 is 15.6 Å². The highest BCUT2D eigenvalue weighted by Gasteiger charge is 2.55. The van der Waals surface area contributed by atoms with Crippen molar-refractivity contribution < 1.29 is 47.6 Å². The van der Waals surface area contributed by atoms with Gasteiger partial charge in [0.2, 0.25) is 4.63 Å². The SMILES string of the molecule is Nc1ncnc2c1ncn2[C@]1(Br)O[C@H](COP(=O)(O)OP(=O)(O)O)[C@@H](O)[C@H]1O. The second-order valence-corrected chi connectivity index (χ2v) is 9.55. The van der Waals surface area contributed by atoms with Gasteiger partial charge in [-0.3, -0.25) is 9.09 Å². The van der Waals surface area contributed by atoms with Crippen molar-refractivity contribution in [2.24, 2.45) is 0 Å². The van der Waals surface area contributed by atoms with Crippen LogP contribution in [0.25, 0.3) is 11.2 Å². The van der Waals surface area contributed by atoms with Crippen LogP contribution in [0.2, 0.25) is 0 Å². The molecule has 1 saturated heterocycles. The number of ether oxygens (including phenoxy) is 1. The third-order valence-electron chi connectivity index (χ3n) is 3.69. The van der Waals surface area contributed by atoms with Crippen LogP contribution in [-0.2, 0) is 27.3 Å². The van der Waals surface area contributed by atoms with Crippen molar-refractivity contribution in [2.75, 3.05) is 12.3 Å². The largest absolute Gasteiger partial charge is 0.481 e. The zero-order valence-electron chi connectivity index (χ0n) is 13.5. The maximum Gasteiger partial charge on any atom is 0.481 e. The van der Waals surface area contributed by atoms with Crippen molar-refractivity contribution in [3.63, 3.8) is 0 Å². The minimum atomic E-state index is -5.31. The Morgan fingerprint density at radius 1 is 1.29 bits per heavy atom. The molecule has 1 aliphatic heterocycles. The number of nitrogens with two attached hydrogens (primary N) is 1. The fourth-order valence-corrected chi connectivity index (χ4v) is 4.87. The Kier molecular flexibility index (Phi) is 5.68. The number of nitrogen functional groups attached to an aromatic ring is 1. The van der Waals surface area contributed by atoms with Crippen LogP contribution in [0.1, 0.15) is 0 Å². The molecule has 0 aromatic carbocycles. The highest BCUT2D eigenvalue weighted by Crippen LogP contribution is 2.58. The van der Waals surface area contributed by atoms with Gasteiger partial charge in [0.05, 0.1) is 6.61 Å². The van der Waals surface area contributed by atoms with Crippen molar-refractivity contribution in [3.8, 4) is 0 Å². The Hall–Kier alpha value is -1.03. The van der Waals surface area contributed by atoms with E-state index in [4.69, 9.17) is 20.3 Å². The molecule has 2 aromatic heterocycles. The molecule has 7 N–H and O–H groups in total. The predicted octanol–water partition coefficient (Wildman–Crippen LogP) is -1.24. The lowest BCUT2D eigenvalue weighted by Gasteiger charge is -2.27. The van der Waals surface area contributed by atoms with Crippen LogP contribution in [0.4, 0.5) is 5.82 Å². The third kappa shape index (κ3) is 4.13. The molecule has 18 heteroatoms. The first-order valence-electron chi connectivity index (χ1n) is 7.25. The smallest absolute Gasteiger partial charge is 0.387 e. The van der Waals surface area contributed by atoms with Gasteiger partial charge in [0.1, 0.15) is 36.5 Å². The molecule has 5 atom stereocenters. The van der Waals surface area contributed by atoms with E-state index in [1.807, 2.05) is 0 Å². The van der Waals surface area contributed by atoms with E-state index in [1.165, 1.54) is 10.9 Å². The van der Waals surface area contributed by atoms with E-state index in [0.29, 0.717) is 0 Å². The summed E-state index contributed by atoms with van der Waals surface area (Å²) in [4.78, 5) is 38.2. The van der Waals surface area contributed by atoms with E-state index >= 15 is 0 Å². The van der Waals surface area contributed by atoms with Crippen LogP contribution in [0.5, 0.6) is 0 Å². The maximum atomic E-state index is 11.5. The fraction of sp³-hybridized carbons (Fsp3) is 0.500. The van der Waals surface area contributed by atoms with Crippen molar-refractivity contribution in [1.82, 2.24) is 19.5 Å². The summed E-state index contributed by atoms with van der Waals surface area (Å²) in [6, 6.07) is 0. The van der Waals surface area contributed by atoms with E-state index in [-0.39, 0.29) is 17.0 Å². The molecule has 1 unspecified atom stereocenters. The second-order valence-electron chi connectivity index (χ2n) is 5.58. The molecule has 2 aromatic rings. The summed E-state index contributed by atoms with van der Waals surface area (Å²) in [7, 11) is -10.5. The van der Waals surface area contributed by atoms with Crippen molar-refractivity contribution in [1.29, 1.82) is 0 Å². The molecular weight excluding hydrogens is 492 g/mol. The van der Waals surface area contributed by atoms with E-state index in [0.717, 1.165) is 6.33 Å². The Morgan fingerprint density at radius 2 is 1.96 bits per heavy atom. The number of alkyl halides is 1. The number of hydrogen-bond acceptors (Lipinski definition) is 11. The van der Waals surface area contributed by atoms with Crippen LogP contribution in [0, 0.1) is 0 Å². The number of phosphoric acid groups is 2. The van der Waals surface area contributed by atoms with Crippen molar-refractivity contribution >= 4 is 48.6 Å². The number of imidazole rings is 1. The third-order valence-corrected chi connectivity index (χ3v) is 6.88. The molecule has 156 valence electrons. The molecule has 0 bridgehead atoms. The molecule has 3 rings (SSSR count). The lowest BCUT2D eigenvalue weighted by atomic mass is 10.1. The Bertz CT molecular complexity index is 985. The normalized spacial score (nSPS) is 30.6. The quantitative estimate of drug-likeness (QED) is 0.199. The second kappa shape index (κ2) is 7.34. The van der Waals surface area contributed by atoms with Crippen molar-refractivity contribution in [3.05, 3.63) is 12.7 Å². The number of nitrogens with zero attached hydrogens (tertiary/aromatic N) is 4.